The van der Waals surface area contributed by atoms with Crippen LogP contribution in [0, 0.1) is 0 Å². The molecule has 0 fully saturated rings. The number of hydrogen-bond acceptors (Lipinski definition) is 8. The van der Waals surface area contributed by atoms with E-state index in [0.717, 1.165) is 0 Å². The van der Waals surface area contributed by atoms with Crippen LogP contribution in [-0.4, -0.2) is 26.8 Å². The Morgan fingerprint density at radius 1 is 1.12 bits per heavy atom. The Morgan fingerprint density at radius 3 is 2.72 bits per heavy atom. The number of nitrogens with zero attached hydrogens (tertiary/aromatic N) is 4. The van der Waals surface area contributed by atoms with Gasteiger partial charge in [0, 0.05) is 5.56 Å². The monoisotopic (exact) mass is 482 g/mol. The van der Waals surface area contributed by atoms with Gasteiger partial charge in [0.1, 0.15) is 10.4 Å². The van der Waals surface area contributed by atoms with Crippen molar-refractivity contribution in [3.8, 4) is 22.8 Å². The highest BCUT2D eigenvalue weighted by Crippen LogP contribution is 2.29. The molecule has 5 aromatic rings. The molecule has 3 heterocycles. The number of thiophene rings is 1. The van der Waals surface area contributed by atoms with Crippen LogP contribution < -0.4 is 10.3 Å². The molecule has 0 aliphatic heterocycles. The lowest BCUT2D eigenvalue weighted by molar-refractivity contribution is 0.391. The largest absolute Gasteiger partial charge is 0.497 e. The van der Waals surface area contributed by atoms with Crippen molar-refractivity contribution in [2.45, 2.75) is 10.9 Å². The highest BCUT2D eigenvalue weighted by molar-refractivity contribution is 7.98. The molecule has 32 heavy (non-hydrogen) atoms. The van der Waals surface area contributed by atoms with Crippen molar-refractivity contribution >= 4 is 44.9 Å². The van der Waals surface area contributed by atoms with Crippen molar-refractivity contribution in [3.05, 3.63) is 81.2 Å². The van der Waals surface area contributed by atoms with Crippen molar-refractivity contribution in [2.75, 3.05) is 7.11 Å². The van der Waals surface area contributed by atoms with Gasteiger partial charge in [0.25, 0.3) is 5.56 Å². The molecule has 0 radical (unpaired) electrons. The highest BCUT2D eigenvalue weighted by Gasteiger charge is 2.17. The van der Waals surface area contributed by atoms with Gasteiger partial charge in [-0.3, -0.25) is 9.36 Å². The molecule has 5 rings (SSSR count). The molecular weight excluding hydrogens is 468 g/mol. The fraction of sp³-hybridized carbons (Fsp3) is 0.0909. The zero-order valence-electron chi connectivity index (χ0n) is 16.7. The summed E-state index contributed by atoms with van der Waals surface area (Å²) < 4.78 is 12.8. The van der Waals surface area contributed by atoms with E-state index in [4.69, 9.17) is 25.8 Å². The average Bonchev–Trinajstić information content (AvgIpc) is 3.48. The molecule has 0 aliphatic carbocycles. The minimum atomic E-state index is -0.125. The Bertz CT molecular complexity index is 1460. The summed E-state index contributed by atoms with van der Waals surface area (Å²) in [7, 11) is 1.60. The van der Waals surface area contributed by atoms with Crippen molar-refractivity contribution in [1.29, 1.82) is 0 Å². The van der Waals surface area contributed by atoms with E-state index in [1.165, 1.54) is 23.1 Å². The number of methoxy groups -OCH3 is 1. The summed E-state index contributed by atoms with van der Waals surface area (Å²) in [6, 6.07) is 16.4. The van der Waals surface area contributed by atoms with E-state index < -0.39 is 0 Å². The standard InChI is InChI=1S/C22H15ClN4O3S2/c1-29-14-8-6-13(7-9-14)27-21(28)19-17(10-11-31-19)24-22(27)32-12-18-25-20(26-30-18)15-4-2-3-5-16(15)23/h2-11H,12H2,1H3. The predicted molar refractivity (Wildman–Crippen MR) is 126 cm³/mol. The van der Waals surface area contributed by atoms with Gasteiger partial charge in [-0.1, -0.05) is 40.7 Å². The van der Waals surface area contributed by atoms with Crippen LogP contribution in [0.2, 0.25) is 5.02 Å². The summed E-state index contributed by atoms with van der Waals surface area (Å²) in [6.07, 6.45) is 0. The van der Waals surface area contributed by atoms with Gasteiger partial charge in [-0.15, -0.1) is 11.3 Å². The van der Waals surface area contributed by atoms with E-state index in [1.807, 2.05) is 53.9 Å². The molecule has 3 aromatic heterocycles. The Morgan fingerprint density at radius 2 is 1.94 bits per heavy atom. The van der Waals surface area contributed by atoms with Gasteiger partial charge < -0.3 is 9.26 Å². The number of rotatable bonds is 6. The van der Waals surface area contributed by atoms with E-state index in [2.05, 4.69) is 10.1 Å². The van der Waals surface area contributed by atoms with Gasteiger partial charge in [-0.2, -0.15) is 4.98 Å². The van der Waals surface area contributed by atoms with Crippen molar-refractivity contribution in [3.63, 3.8) is 0 Å². The quantitative estimate of drug-likeness (QED) is 0.235. The summed E-state index contributed by atoms with van der Waals surface area (Å²) >= 11 is 8.95. The van der Waals surface area contributed by atoms with Gasteiger partial charge >= 0.3 is 0 Å². The predicted octanol–water partition coefficient (Wildman–Crippen LogP) is 5.45. The Kier molecular flexibility index (Phi) is 5.69. The molecule has 0 saturated carbocycles. The molecule has 0 aliphatic rings. The van der Waals surface area contributed by atoms with Gasteiger partial charge in [0.2, 0.25) is 11.7 Å². The first kappa shape index (κ1) is 20.7. The fourth-order valence-electron chi connectivity index (χ4n) is 3.14. The molecule has 0 N–H and O–H groups in total. The second-order valence-corrected chi connectivity index (χ2v) is 8.91. The maximum Gasteiger partial charge on any atom is 0.276 e. The van der Waals surface area contributed by atoms with E-state index in [1.54, 1.807) is 17.7 Å². The van der Waals surface area contributed by atoms with Crippen LogP contribution in [0.25, 0.3) is 27.3 Å². The third-order valence-electron chi connectivity index (χ3n) is 4.69. The molecule has 0 amide bonds. The third-order valence-corrected chi connectivity index (χ3v) is 6.83. The Labute approximate surface area is 195 Å². The van der Waals surface area contributed by atoms with Crippen LogP contribution in [0.15, 0.2) is 74.5 Å². The minimum Gasteiger partial charge on any atom is -0.497 e. The number of halogens is 1. The van der Waals surface area contributed by atoms with Crippen molar-refractivity contribution in [1.82, 2.24) is 19.7 Å². The van der Waals surface area contributed by atoms with Crippen LogP contribution in [0.5, 0.6) is 5.75 Å². The molecule has 10 heteroatoms. The van der Waals surface area contributed by atoms with Crippen LogP contribution in [0.4, 0.5) is 0 Å². The van der Waals surface area contributed by atoms with Crippen LogP contribution in [0.1, 0.15) is 5.89 Å². The molecule has 160 valence electrons. The third kappa shape index (κ3) is 3.90. The lowest BCUT2D eigenvalue weighted by Gasteiger charge is -2.12. The average molecular weight is 483 g/mol. The number of thioether (sulfide) groups is 1. The minimum absolute atomic E-state index is 0.125. The van der Waals surface area contributed by atoms with Gasteiger partial charge in [-0.25, -0.2) is 4.98 Å². The van der Waals surface area contributed by atoms with Crippen molar-refractivity contribution in [2.24, 2.45) is 0 Å². The maximum absolute atomic E-state index is 13.2. The fourth-order valence-corrected chi connectivity index (χ4v) is 4.97. The molecule has 2 aromatic carbocycles. The number of aromatic nitrogens is 4. The maximum atomic E-state index is 13.2. The first-order valence-corrected chi connectivity index (χ1v) is 11.7. The number of fused-ring (bicyclic) bond motifs is 1. The van der Waals surface area contributed by atoms with E-state index in [-0.39, 0.29) is 5.56 Å². The zero-order chi connectivity index (χ0) is 22.1. The SMILES string of the molecule is COc1ccc(-n2c(SCc3nc(-c4ccccc4Cl)no3)nc3ccsc3c2=O)cc1. The normalized spacial score (nSPS) is 11.2. The first-order valence-electron chi connectivity index (χ1n) is 9.49. The summed E-state index contributed by atoms with van der Waals surface area (Å²) in [4.78, 5) is 22.4. The number of hydrogen-bond donors (Lipinski definition) is 0. The molecule has 0 spiro atoms. The van der Waals surface area contributed by atoms with E-state index in [0.29, 0.717) is 54.9 Å². The lowest BCUT2D eigenvalue weighted by atomic mass is 10.2. The molecule has 0 bridgehead atoms. The van der Waals surface area contributed by atoms with Crippen LogP contribution in [0.3, 0.4) is 0 Å². The van der Waals surface area contributed by atoms with E-state index in [9.17, 15) is 4.79 Å². The second-order valence-electron chi connectivity index (χ2n) is 6.65. The van der Waals surface area contributed by atoms with Crippen LogP contribution in [-0.2, 0) is 5.75 Å². The van der Waals surface area contributed by atoms with Gasteiger partial charge in [0.05, 0.1) is 29.1 Å². The molecule has 7 nitrogen and oxygen atoms in total. The molecule has 0 unspecified atom stereocenters. The summed E-state index contributed by atoms with van der Waals surface area (Å²) in [5.41, 5.74) is 1.93. The smallest absolute Gasteiger partial charge is 0.276 e. The number of ether oxygens (including phenoxy) is 1. The van der Waals surface area contributed by atoms with Gasteiger partial charge in [-0.05, 0) is 47.8 Å². The molecular formula is C22H15ClN4O3S2. The summed E-state index contributed by atoms with van der Waals surface area (Å²) in [5.74, 6) is 1.88. The first-order chi connectivity index (χ1) is 15.6. The molecule has 0 atom stereocenters. The summed E-state index contributed by atoms with van der Waals surface area (Å²) in [6.45, 7) is 0. The summed E-state index contributed by atoms with van der Waals surface area (Å²) in [5, 5.41) is 6.97. The zero-order valence-corrected chi connectivity index (χ0v) is 19.1. The van der Waals surface area contributed by atoms with Crippen LogP contribution >= 0.6 is 34.7 Å². The highest BCUT2D eigenvalue weighted by atomic mass is 35.5. The van der Waals surface area contributed by atoms with E-state index >= 15 is 0 Å². The number of benzene rings is 2. The lowest BCUT2D eigenvalue weighted by Crippen LogP contribution is -2.20. The molecule has 0 saturated heterocycles. The Hall–Kier alpha value is -3.14. The Balaban J connectivity index is 1.49. The second kappa shape index (κ2) is 8.78. The van der Waals surface area contributed by atoms with Crippen molar-refractivity contribution < 1.29 is 9.26 Å². The van der Waals surface area contributed by atoms with Gasteiger partial charge in [0.15, 0.2) is 5.16 Å². The topological polar surface area (TPSA) is 83.0 Å².